The molecular weight excluding hydrogens is 856 g/mol. The number of nitrogens with zero attached hydrogens (tertiary/aromatic N) is 5. The van der Waals surface area contributed by atoms with Crippen molar-refractivity contribution >= 4 is 65.7 Å². The molecule has 3 N–H and O–H groups in total. The number of hydrogen-bond acceptors (Lipinski definition) is 23. The minimum Gasteiger partial charge on any atom is -0.432 e. The highest BCUT2D eigenvalue weighted by Crippen LogP contribution is 2.66. The summed E-state index contributed by atoms with van der Waals surface area (Å²) in [6, 6.07) is 1.07. The van der Waals surface area contributed by atoms with E-state index < -0.39 is 117 Å². The zero-order valence-electron chi connectivity index (χ0n) is 31.5. The molecule has 0 spiro atoms. The van der Waals surface area contributed by atoms with Gasteiger partial charge in [-0.3, -0.25) is 37.0 Å². The number of anilines is 1. The van der Waals surface area contributed by atoms with Crippen molar-refractivity contribution in [3.05, 3.63) is 45.8 Å². The Bertz CT molecular complexity index is 2160. The molecule has 2 unspecified atom stereocenters. The van der Waals surface area contributed by atoms with Gasteiger partial charge in [-0.2, -0.15) is 0 Å². The number of ether oxygens (including phenoxy) is 7. The second kappa shape index (κ2) is 18.8. The monoisotopic (exact) mass is 897 g/mol. The largest absolute Gasteiger partial charge is 0.509 e. The number of rotatable bonds is 11. The lowest BCUT2D eigenvalue weighted by molar-refractivity contribution is -0.0610. The molecule has 320 valence electrons. The molecule has 0 radical (unpaired) electrons. The predicted octanol–water partition coefficient (Wildman–Crippen LogP) is 3.70. The summed E-state index contributed by atoms with van der Waals surface area (Å²) >= 11 is 0.976. The Balaban J connectivity index is 1.36. The van der Waals surface area contributed by atoms with E-state index in [1.165, 1.54) is 24.3 Å². The number of carbonyl (C=O) groups is 2. The van der Waals surface area contributed by atoms with E-state index in [1.807, 2.05) is 0 Å². The molecule has 24 nitrogen and oxygen atoms in total. The fourth-order valence-corrected chi connectivity index (χ4v) is 11.5. The lowest BCUT2D eigenvalue weighted by Gasteiger charge is -2.29. The van der Waals surface area contributed by atoms with Crippen molar-refractivity contribution < 1.29 is 70.0 Å². The molecule has 0 aromatic carbocycles. The maximum Gasteiger partial charge on any atom is 0.509 e. The van der Waals surface area contributed by atoms with Crippen molar-refractivity contribution in [2.24, 2.45) is 0 Å². The van der Waals surface area contributed by atoms with Gasteiger partial charge in [-0.25, -0.2) is 38.5 Å². The summed E-state index contributed by atoms with van der Waals surface area (Å²) in [5.74, 6) is -1.05. The average molecular weight is 898 g/mol. The number of H-pyrrole nitrogens is 1. The molecule has 3 aromatic heterocycles. The van der Waals surface area contributed by atoms with Gasteiger partial charge in [0.15, 0.2) is 35.8 Å². The number of carbonyl (C=O) groups excluding carboxylic acids is 2. The summed E-state index contributed by atoms with van der Waals surface area (Å²) in [5.41, 5.74) is 4.93. The van der Waals surface area contributed by atoms with Gasteiger partial charge in [-0.05, 0) is 27.7 Å². The van der Waals surface area contributed by atoms with Gasteiger partial charge in [0, 0.05) is 48.6 Å². The molecule has 6 heterocycles. The molecule has 28 heteroatoms. The number of nitrogen functional groups attached to an aromatic ring is 1. The summed E-state index contributed by atoms with van der Waals surface area (Å²) in [5, 5.41) is 0. The third-order valence-corrected chi connectivity index (χ3v) is 15.0. The van der Waals surface area contributed by atoms with Crippen LogP contribution in [-0.2, 0) is 60.4 Å². The van der Waals surface area contributed by atoms with E-state index in [9.17, 15) is 28.3 Å². The second-order valence-corrected chi connectivity index (χ2v) is 21.0. The molecule has 3 saturated heterocycles. The van der Waals surface area contributed by atoms with Crippen molar-refractivity contribution in [1.29, 1.82) is 0 Å². The molecule has 58 heavy (non-hydrogen) atoms. The maximum absolute atomic E-state index is 14.7. The first-order valence-electron chi connectivity index (χ1n) is 17.5. The normalized spacial score (nSPS) is 30.3. The van der Waals surface area contributed by atoms with Crippen molar-refractivity contribution in [3.63, 3.8) is 0 Å². The fraction of sp³-hybridized carbons (Fsp3) is 0.633. The first-order chi connectivity index (χ1) is 27.6. The smallest absolute Gasteiger partial charge is 0.432 e. The molecular formula is C30H41N7O17P2S2. The minimum absolute atomic E-state index is 0.0806. The Hall–Kier alpha value is -3.55. The first kappa shape index (κ1) is 44.0. The van der Waals surface area contributed by atoms with Crippen molar-refractivity contribution in [2.75, 3.05) is 37.9 Å². The molecule has 0 amide bonds. The fourth-order valence-electron chi connectivity index (χ4n) is 5.87. The lowest BCUT2D eigenvalue weighted by atomic mass is 10.1. The number of imidazole rings is 1. The molecule has 3 fully saturated rings. The van der Waals surface area contributed by atoms with Crippen LogP contribution in [0, 0.1) is 0 Å². The Morgan fingerprint density at radius 2 is 1.57 bits per heavy atom. The number of fused-ring (bicyclic) bond motifs is 4. The Morgan fingerprint density at radius 1 is 0.914 bits per heavy atom. The van der Waals surface area contributed by atoms with E-state index in [0.717, 1.165) is 16.8 Å². The quantitative estimate of drug-likeness (QED) is 0.157. The zero-order valence-corrected chi connectivity index (χ0v) is 34.9. The number of hydrogen-bond donors (Lipinski definition) is 2. The van der Waals surface area contributed by atoms with Crippen molar-refractivity contribution in [3.8, 4) is 0 Å². The van der Waals surface area contributed by atoms with E-state index in [4.69, 9.17) is 57.0 Å². The van der Waals surface area contributed by atoms with E-state index in [2.05, 4.69) is 19.9 Å². The Kier molecular flexibility index (Phi) is 14.3. The molecule has 6 rings (SSSR count). The summed E-state index contributed by atoms with van der Waals surface area (Å²) in [4.78, 5) is 63.9. The van der Waals surface area contributed by atoms with Gasteiger partial charge in [-0.15, -0.1) is 0 Å². The Morgan fingerprint density at radius 3 is 2.21 bits per heavy atom. The predicted molar refractivity (Wildman–Crippen MR) is 201 cm³/mol. The van der Waals surface area contributed by atoms with E-state index >= 15 is 0 Å². The number of nitrogens with one attached hydrogen (secondary N) is 1. The molecule has 0 saturated carbocycles. The summed E-state index contributed by atoms with van der Waals surface area (Å²) in [6.07, 6.45) is -7.96. The molecule has 0 aliphatic carbocycles. The van der Waals surface area contributed by atoms with E-state index in [-0.39, 0.29) is 23.4 Å². The van der Waals surface area contributed by atoms with Crippen molar-refractivity contribution in [1.82, 2.24) is 29.1 Å². The van der Waals surface area contributed by atoms with Gasteiger partial charge in [0.1, 0.15) is 36.3 Å². The number of nitrogens with two attached hydrogens (primary N) is 1. The maximum atomic E-state index is 14.7. The van der Waals surface area contributed by atoms with Gasteiger partial charge < -0.3 is 38.9 Å². The number of methoxy groups -OCH3 is 1. The highest BCUT2D eigenvalue weighted by molar-refractivity contribution is 8.55. The van der Waals surface area contributed by atoms with Crippen LogP contribution < -0.4 is 17.0 Å². The summed E-state index contributed by atoms with van der Waals surface area (Å²) in [6.45, 7) is -3.55. The van der Waals surface area contributed by atoms with Crippen LogP contribution in [0.5, 0.6) is 0 Å². The van der Waals surface area contributed by atoms with Gasteiger partial charge in [0.05, 0.1) is 37.9 Å². The highest BCUT2D eigenvalue weighted by atomic mass is 32.7. The first-order valence-corrected chi connectivity index (χ1v) is 23.7. The standard InChI is InChI=1S/C30H41N7O17P2S2/c1-15(2)49-29(40)45-13-57-55(42)48-10-19-22(23(44-5)27(52-19)37-12-34-21-24(31)32-11-33-25(21)37)54-56(43,58-14-46-30(41)50-16(3)4)47-9-17-8-18(53-55)26(51-17)36-7-6-20(38)35-28(36)39/h6-7,11-12,15-19,22-23,26-27H,8-10,13-14H2,1-5H3,(H2,31,32,33)(H,35,38,39)/t17-,18+,19+,22+,23+,26+,27+,55?,56?/m0/s1. The van der Waals surface area contributed by atoms with Crippen molar-refractivity contribution in [2.45, 2.75) is 89.3 Å². The van der Waals surface area contributed by atoms with Crippen LogP contribution in [-0.4, -0.2) is 116 Å². The van der Waals surface area contributed by atoms with Crippen LogP contribution in [0.2, 0.25) is 0 Å². The zero-order chi connectivity index (χ0) is 41.8. The summed E-state index contributed by atoms with van der Waals surface area (Å²) < 4.78 is 94.8. The van der Waals surface area contributed by atoms with Gasteiger partial charge in [-0.1, -0.05) is 0 Å². The average Bonchev–Trinajstić information content (AvgIpc) is 3.84. The van der Waals surface area contributed by atoms with Crippen LogP contribution in [0.1, 0.15) is 46.6 Å². The van der Waals surface area contributed by atoms with E-state index in [1.54, 1.807) is 27.7 Å². The third-order valence-electron chi connectivity index (χ3n) is 8.26. The second-order valence-electron chi connectivity index (χ2n) is 13.1. The number of aromatic nitrogens is 6. The van der Waals surface area contributed by atoms with Crippen LogP contribution in [0.15, 0.2) is 34.5 Å². The molecule has 9 atom stereocenters. The van der Waals surface area contributed by atoms with Gasteiger partial charge in [0.25, 0.3) is 5.56 Å². The number of aromatic amines is 1. The molecule has 2 bridgehead atoms. The third kappa shape index (κ3) is 10.6. The minimum atomic E-state index is -4.48. The van der Waals surface area contributed by atoms with Gasteiger partial charge >= 0.3 is 31.6 Å². The van der Waals surface area contributed by atoms with Gasteiger partial charge in [0.2, 0.25) is 0 Å². The van der Waals surface area contributed by atoms with Crippen LogP contribution >= 0.6 is 36.4 Å². The van der Waals surface area contributed by atoms with Crippen LogP contribution in [0.4, 0.5) is 15.4 Å². The lowest BCUT2D eigenvalue weighted by Crippen LogP contribution is -2.37. The highest BCUT2D eigenvalue weighted by Gasteiger charge is 2.53. The van der Waals surface area contributed by atoms with E-state index in [0.29, 0.717) is 22.8 Å². The SMILES string of the molecule is CO[C@@H]1[C@@H]2OP(=O)(SCOC(=O)OC(C)C)OC[C@@H]3C[C@@H](OP(=O)(SCOC(=O)OC(C)C)OC[C@H]2O[C@H]1n1cnc2c(N)ncnc21)[C@H](n1ccc(=O)[nH]c1=O)O3. The molecule has 3 aliphatic heterocycles. The van der Waals surface area contributed by atoms with Crippen LogP contribution in [0.25, 0.3) is 11.2 Å². The molecule has 3 aromatic rings. The van der Waals surface area contributed by atoms with Crippen LogP contribution in [0.3, 0.4) is 0 Å². The molecule has 3 aliphatic rings. The summed E-state index contributed by atoms with van der Waals surface area (Å²) in [7, 11) is 1.34. The Labute approximate surface area is 336 Å². The topological polar surface area (TPSA) is 294 Å².